The molecule has 0 aromatic carbocycles. The van der Waals surface area contributed by atoms with Crippen LogP contribution in [0.15, 0.2) is 0 Å². The third kappa shape index (κ3) is 1.70. The molecule has 0 radical (unpaired) electrons. The molecule has 6 heteroatoms. The molecule has 1 fully saturated rings. The first-order chi connectivity index (χ1) is 5.95. The zero-order chi connectivity index (χ0) is 8.23. The number of ether oxygens (including phenoxy) is 1. The Bertz CT molecular complexity index is 218. The van der Waals surface area contributed by atoms with Gasteiger partial charge in [0.15, 0.2) is 0 Å². The van der Waals surface area contributed by atoms with Gasteiger partial charge in [0.25, 0.3) is 0 Å². The van der Waals surface area contributed by atoms with Gasteiger partial charge in [0.05, 0.1) is 0 Å². The number of aromatic amines is 1. The van der Waals surface area contributed by atoms with Gasteiger partial charge >= 0.3 is 6.01 Å². The smallest absolute Gasteiger partial charge is 0.356 e. The fourth-order valence-electron chi connectivity index (χ4n) is 1.27. The van der Waals surface area contributed by atoms with Crippen LogP contribution in [0.3, 0.4) is 0 Å². The lowest BCUT2D eigenvalue weighted by Crippen LogP contribution is -2.37. The van der Waals surface area contributed by atoms with Crippen molar-refractivity contribution in [1.29, 1.82) is 0 Å². The predicted molar refractivity (Wildman–Crippen MR) is 40.7 cm³/mol. The number of aromatic nitrogens is 4. The van der Waals surface area contributed by atoms with Gasteiger partial charge in [0.2, 0.25) is 0 Å². The molecular formula is C6H11N5O. The average molecular weight is 169 g/mol. The number of nitrogens with zero attached hydrogens (tertiary/aromatic N) is 3. The topological polar surface area (TPSA) is 75.7 Å². The monoisotopic (exact) mass is 169 g/mol. The summed E-state index contributed by atoms with van der Waals surface area (Å²) in [6, 6.07) is 0.337. The van der Waals surface area contributed by atoms with Crippen LogP contribution in [0.25, 0.3) is 0 Å². The van der Waals surface area contributed by atoms with E-state index in [0.29, 0.717) is 6.01 Å². The van der Waals surface area contributed by atoms with E-state index in [0.717, 1.165) is 25.9 Å². The molecule has 2 heterocycles. The highest BCUT2D eigenvalue weighted by Crippen LogP contribution is 2.08. The maximum absolute atomic E-state index is 5.42. The Kier molecular flexibility index (Phi) is 2.17. The standard InChI is InChI=1S/C6H11N5O/c1-2-5(4-7-3-1)12-6-8-10-11-9-6/h5,7H,1-4H2,(H,8,9,10,11). The van der Waals surface area contributed by atoms with E-state index in [2.05, 4.69) is 25.9 Å². The molecule has 0 spiro atoms. The highest BCUT2D eigenvalue weighted by atomic mass is 16.5. The zero-order valence-corrected chi connectivity index (χ0v) is 6.66. The van der Waals surface area contributed by atoms with Crippen molar-refractivity contribution >= 4 is 0 Å². The maximum atomic E-state index is 5.42. The first-order valence-corrected chi connectivity index (χ1v) is 4.06. The van der Waals surface area contributed by atoms with Crippen LogP contribution in [-0.2, 0) is 0 Å². The molecule has 0 saturated carbocycles. The van der Waals surface area contributed by atoms with Crippen molar-refractivity contribution in [2.24, 2.45) is 0 Å². The molecular weight excluding hydrogens is 158 g/mol. The lowest BCUT2D eigenvalue weighted by molar-refractivity contribution is 0.153. The van der Waals surface area contributed by atoms with E-state index in [-0.39, 0.29) is 6.10 Å². The molecule has 6 nitrogen and oxygen atoms in total. The summed E-state index contributed by atoms with van der Waals surface area (Å²) in [5.41, 5.74) is 0. The van der Waals surface area contributed by atoms with Gasteiger partial charge in [-0.2, -0.15) is 5.21 Å². The molecule has 2 N–H and O–H groups in total. The average Bonchev–Trinajstić information content (AvgIpc) is 2.59. The minimum atomic E-state index is 0.191. The number of rotatable bonds is 2. The van der Waals surface area contributed by atoms with Gasteiger partial charge in [-0.15, -0.1) is 0 Å². The van der Waals surface area contributed by atoms with Crippen LogP contribution in [0.1, 0.15) is 12.8 Å². The van der Waals surface area contributed by atoms with Crippen molar-refractivity contribution in [3.05, 3.63) is 0 Å². The van der Waals surface area contributed by atoms with Gasteiger partial charge in [0, 0.05) is 6.54 Å². The second kappa shape index (κ2) is 3.48. The maximum Gasteiger partial charge on any atom is 0.356 e. The van der Waals surface area contributed by atoms with E-state index < -0.39 is 0 Å². The van der Waals surface area contributed by atoms with Crippen molar-refractivity contribution in [3.8, 4) is 6.01 Å². The SMILES string of the molecule is C1CNCC(Oc2nn[nH]n2)C1. The van der Waals surface area contributed by atoms with Gasteiger partial charge in [-0.1, -0.05) is 10.2 Å². The first kappa shape index (κ1) is 7.48. The van der Waals surface area contributed by atoms with Gasteiger partial charge in [0.1, 0.15) is 6.10 Å². The predicted octanol–water partition coefficient (Wildman–Crippen LogP) is -0.670. The van der Waals surface area contributed by atoms with Crippen molar-refractivity contribution in [1.82, 2.24) is 25.9 Å². The molecule has 0 amide bonds. The lowest BCUT2D eigenvalue weighted by atomic mass is 10.1. The van der Waals surface area contributed by atoms with E-state index in [9.17, 15) is 0 Å². The Labute approximate surface area is 69.7 Å². The Balaban J connectivity index is 1.86. The highest BCUT2D eigenvalue weighted by Gasteiger charge is 2.15. The normalized spacial score (nSPS) is 23.8. The number of nitrogens with one attached hydrogen (secondary N) is 2. The van der Waals surface area contributed by atoms with Crippen LogP contribution in [0.5, 0.6) is 6.01 Å². The van der Waals surface area contributed by atoms with Crippen molar-refractivity contribution < 1.29 is 4.74 Å². The molecule has 1 atom stereocenters. The van der Waals surface area contributed by atoms with E-state index in [4.69, 9.17) is 4.74 Å². The summed E-state index contributed by atoms with van der Waals surface area (Å²) in [5.74, 6) is 0. The Morgan fingerprint density at radius 2 is 2.50 bits per heavy atom. The quantitative estimate of drug-likeness (QED) is 0.614. The second-order valence-electron chi connectivity index (χ2n) is 2.78. The summed E-state index contributed by atoms with van der Waals surface area (Å²) in [7, 11) is 0. The second-order valence-corrected chi connectivity index (χ2v) is 2.78. The van der Waals surface area contributed by atoms with Crippen molar-refractivity contribution in [3.63, 3.8) is 0 Å². The molecule has 1 aromatic heterocycles. The van der Waals surface area contributed by atoms with Gasteiger partial charge < -0.3 is 10.1 Å². The number of piperidine rings is 1. The minimum Gasteiger partial charge on any atom is -0.457 e. The summed E-state index contributed by atoms with van der Waals surface area (Å²) < 4.78 is 5.42. The summed E-state index contributed by atoms with van der Waals surface area (Å²) in [4.78, 5) is 0. The fraction of sp³-hybridized carbons (Fsp3) is 0.833. The highest BCUT2D eigenvalue weighted by molar-refractivity contribution is 4.85. The van der Waals surface area contributed by atoms with Gasteiger partial charge in [-0.25, -0.2) is 0 Å². The van der Waals surface area contributed by atoms with Crippen molar-refractivity contribution in [2.45, 2.75) is 18.9 Å². The summed E-state index contributed by atoms with van der Waals surface area (Å²) in [5, 5.41) is 16.4. The van der Waals surface area contributed by atoms with Crippen molar-refractivity contribution in [2.75, 3.05) is 13.1 Å². The minimum absolute atomic E-state index is 0.191. The molecule has 1 unspecified atom stereocenters. The third-order valence-corrected chi connectivity index (χ3v) is 1.85. The van der Waals surface area contributed by atoms with E-state index >= 15 is 0 Å². The van der Waals surface area contributed by atoms with E-state index in [1.165, 1.54) is 0 Å². The number of hydrogen-bond donors (Lipinski definition) is 2. The molecule has 0 aliphatic carbocycles. The van der Waals surface area contributed by atoms with Gasteiger partial charge in [-0.05, 0) is 24.6 Å². The largest absolute Gasteiger partial charge is 0.457 e. The fourth-order valence-corrected chi connectivity index (χ4v) is 1.27. The first-order valence-electron chi connectivity index (χ1n) is 4.06. The van der Waals surface area contributed by atoms with E-state index in [1.807, 2.05) is 0 Å². The molecule has 0 bridgehead atoms. The zero-order valence-electron chi connectivity index (χ0n) is 6.66. The Hall–Kier alpha value is -1.17. The molecule has 12 heavy (non-hydrogen) atoms. The number of H-pyrrole nitrogens is 1. The molecule has 1 aliphatic heterocycles. The molecule has 1 aromatic rings. The van der Waals surface area contributed by atoms with E-state index in [1.54, 1.807) is 0 Å². The number of tetrazole rings is 1. The molecule has 2 rings (SSSR count). The Morgan fingerprint density at radius 3 is 3.17 bits per heavy atom. The molecule has 1 saturated heterocycles. The van der Waals surface area contributed by atoms with Crippen LogP contribution in [-0.4, -0.2) is 39.8 Å². The van der Waals surface area contributed by atoms with Crippen LogP contribution < -0.4 is 10.1 Å². The summed E-state index contributed by atoms with van der Waals surface area (Å²) in [6.07, 6.45) is 2.39. The van der Waals surface area contributed by atoms with Crippen LogP contribution in [0, 0.1) is 0 Å². The lowest BCUT2D eigenvalue weighted by Gasteiger charge is -2.21. The van der Waals surface area contributed by atoms with Crippen LogP contribution in [0.2, 0.25) is 0 Å². The molecule has 66 valence electrons. The summed E-state index contributed by atoms with van der Waals surface area (Å²) in [6.45, 7) is 1.95. The van der Waals surface area contributed by atoms with Crippen LogP contribution in [0.4, 0.5) is 0 Å². The van der Waals surface area contributed by atoms with Gasteiger partial charge in [-0.3, -0.25) is 0 Å². The molecule has 1 aliphatic rings. The summed E-state index contributed by atoms with van der Waals surface area (Å²) >= 11 is 0. The van der Waals surface area contributed by atoms with Crippen LogP contribution >= 0.6 is 0 Å². The number of hydrogen-bond acceptors (Lipinski definition) is 5. The Morgan fingerprint density at radius 1 is 1.50 bits per heavy atom. The third-order valence-electron chi connectivity index (χ3n) is 1.85.